The van der Waals surface area contributed by atoms with Gasteiger partial charge in [0.15, 0.2) is 6.29 Å². The Morgan fingerprint density at radius 3 is 2.90 bits per heavy atom. The highest BCUT2D eigenvalue weighted by Crippen LogP contribution is 2.26. The van der Waals surface area contributed by atoms with E-state index in [1.165, 1.54) is 11.1 Å². The number of rotatable bonds is 7. The second kappa shape index (κ2) is 7.25. The summed E-state index contributed by atoms with van der Waals surface area (Å²) in [5.41, 5.74) is 2.75. The van der Waals surface area contributed by atoms with Crippen LogP contribution in [0.5, 0.6) is 5.75 Å². The number of ether oxygens (including phenoxy) is 3. The van der Waals surface area contributed by atoms with E-state index in [2.05, 4.69) is 30.4 Å². The SMILES string of the molecule is CCNC(CCc1ccc2c(c1)CCO2)CC1OCCO1. The van der Waals surface area contributed by atoms with Gasteiger partial charge in [-0.2, -0.15) is 0 Å². The van der Waals surface area contributed by atoms with Gasteiger partial charge in [0.1, 0.15) is 5.75 Å². The van der Waals surface area contributed by atoms with Gasteiger partial charge in [-0.25, -0.2) is 0 Å². The number of aryl methyl sites for hydroxylation is 1. The van der Waals surface area contributed by atoms with E-state index in [4.69, 9.17) is 14.2 Å². The number of hydrogen-bond donors (Lipinski definition) is 1. The molecule has 1 atom stereocenters. The van der Waals surface area contributed by atoms with E-state index in [0.717, 1.165) is 57.8 Å². The highest BCUT2D eigenvalue weighted by Gasteiger charge is 2.21. The smallest absolute Gasteiger partial charge is 0.159 e. The minimum Gasteiger partial charge on any atom is -0.493 e. The van der Waals surface area contributed by atoms with Crippen LogP contribution in [0.3, 0.4) is 0 Å². The first-order valence-corrected chi connectivity index (χ1v) is 8.06. The van der Waals surface area contributed by atoms with Crippen molar-refractivity contribution in [3.8, 4) is 5.75 Å². The summed E-state index contributed by atoms with van der Waals surface area (Å²) in [4.78, 5) is 0. The fourth-order valence-electron chi connectivity index (χ4n) is 3.10. The molecule has 0 aliphatic carbocycles. The molecule has 2 aliphatic heterocycles. The van der Waals surface area contributed by atoms with Crippen molar-refractivity contribution in [3.63, 3.8) is 0 Å². The van der Waals surface area contributed by atoms with Crippen LogP contribution in [-0.4, -0.2) is 38.7 Å². The lowest BCUT2D eigenvalue weighted by atomic mass is 10.0. The second-order valence-electron chi connectivity index (χ2n) is 5.74. The Labute approximate surface area is 126 Å². The Kier molecular flexibility index (Phi) is 5.12. The van der Waals surface area contributed by atoms with Gasteiger partial charge in [0.25, 0.3) is 0 Å². The third kappa shape index (κ3) is 3.96. The Balaban J connectivity index is 1.53. The highest BCUT2D eigenvalue weighted by molar-refractivity contribution is 5.39. The van der Waals surface area contributed by atoms with E-state index in [1.54, 1.807) is 0 Å². The summed E-state index contributed by atoms with van der Waals surface area (Å²) in [6, 6.07) is 7.05. The molecule has 0 bridgehead atoms. The zero-order chi connectivity index (χ0) is 14.5. The molecule has 1 unspecified atom stereocenters. The highest BCUT2D eigenvalue weighted by atomic mass is 16.7. The van der Waals surface area contributed by atoms with E-state index in [9.17, 15) is 0 Å². The number of benzene rings is 1. The Morgan fingerprint density at radius 2 is 2.10 bits per heavy atom. The van der Waals surface area contributed by atoms with Crippen LogP contribution in [0, 0.1) is 0 Å². The first-order chi connectivity index (χ1) is 10.3. The topological polar surface area (TPSA) is 39.7 Å². The molecule has 1 fully saturated rings. The predicted molar refractivity (Wildman–Crippen MR) is 81.7 cm³/mol. The predicted octanol–water partition coefficient (Wildman–Crippen LogP) is 2.30. The summed E-state index contributed by atoms with van der Waals surface area (Å²) in [5.74, 6) is 1.06. The third-order valence-corrected chi connectivity index (χ3v) is 4.20. The standard InChI is InChI=1S/C17H25NO3/c1-2-18-15(12-17-20-9-10-21-17)5-3-13-4-6-16-14(11-13)7-8-19-16/h4,6,11,15,17-18H,2-3,5,7-10,12H2,1H3. The summed E-state index contributed by atoms with van der Waals surface area (Å²) in [5, 5.41) is 3.55. The quantitative estimate of drug-likeness (QED) is 0.837. The van der Waals surface area contributed by atoms with Crippen LogP contribution < -0.4 is 10.1 Å². The molecule has 1 aromatic rings. The van der Waals surface area contributed by atoms with Gasteiger partial charge in [0.05, 0.1) is 19.8 Å². The molecule has 1 saturated heterocycles. The third-order valence-electron chi connectivity index (χ3n) is 4.20. The van der Waals surface area contributed by atoms with Gasteiger partial charge in [-0.05, 0) is 36.6 Å². The summed E-state index contributed by atoms with van der Waals surface area (Å²) in [7, 11) is 0. The molecule has 0 aromatic heterocycles. The van der Waals surface area contributed by atoms with Crippen LogP contribution in [-0.2, 0) is 22.3 Å². The Bertz CT molecular complexity index is 457. The monoisotopic (exact) mass is 291 g/mol. The summed E-state index contributed by atoms with van der Waals surface area (Å²) < 4.78 is 16.7. The van der Waals surface area contributed by atoms with E-state index in [-0.39, 0.29) is 6.29 Å². The average molecular weight is 291 g/mol. The van der Waals surface area contributed by atoms with Gasteiger partial charge >= 0.3 is 0 Å². The van der Waals surface area contributed by atoms with Crippen molar-refractivity contribution in [2.75, 3.05) is 26.4 Å². The second-order valence-corrected chi connectivity index (χ2v) is 5.74. The fourth-order valence-corrected chi connectivity index (χ4v) is 3.10. The maximum absolute atomic E-state index is 5.56. The summed E-state index contributed by atoms with van der Waals surface area (Å²) in [6.07, 6.45) is 4.14. The van der Waals surface area contributed by atoms with Gasteiger partial charge in [-0.3, -0.25) is 0 Å². The van der Waals surface area contributed by atoms with Crippen LogP contribution in [0.1, 0.15) is 30.9 Å². The van der Waals surface area contributed by atoms with Gasteiger partial charge in [-0.15, -0.1) is 0 Å². The van der Waals surface area contributed by atoms with Gasteiger partial charge < -0.3 is 19.5 Å². The van der Waals surface area contributed by atoms with Crippen LogP contribution in [0.2, 0.25) is 0 Å². The number of fused-ring (bicyclic) bond motifs is 1. The van der Waals surface area contributed by atoms with Crippen molar-refractivity contribution >= 4 is 0 Å². The first-order valence-electron chi connectivity index (χ1n) is 8.06. The molecule has 0 spiro atoms. The normalized spacial score (nSPS) is 19.5. The maximum Gasteiger partial charge on any atom is 0.159 e. The minimum absolute atomic E-state index is 0.0255. The van der Waals surface area contributed by atoms with Crippen molar-refractivity contribution < 1.29 is 14.2 Å². The first kappa shape index (κ1) is 14.8. The maximum atomic E-state index is 5.56. The zero-order valence-electron chi connectivity index (χ0n) is 12.8. The van der Waals surface area contributed by atoms with Crippen LogP contribution in [0.25, 0.3) is 0 Å². The lowest BCUT2D eigenvalue weighted by molar-refractivity contribution is -0.0530. The Morgan fingerprint density at radius 1 is 1.24 bits per heavy atom. The molecule has 0 amide bonds. The van der Waals surface area contributed by atoms with Crippen molar-refractivity contribution in [2.45, 2.75) is 44.9 Å². The van der Waals surface area contributed by atoms with Crippen LogP contribution in [0.15, 0.2) is 18.2 Å². The number of nitrogens with one attached hydrogen (secondary N) is 1. The molecule has 2 heterocycles. The van der Waals surface area contributed by atoms with Crippen molar-refractivity contribution in [1.82, 2.24) is 5.32 Å². The van der Waals surface area contributed by atoms with Crippen molar-refractivity contribution in [2.24, 2.45) is 0 Å². The lowest BCUT2D eigenvalue weighted by Crippen LogP contribution is -2.33. The molecular formula is C17H25NO3. The molecular weight excluding hydrogens is 266 g/mol. The van der Waals surface area contributed by atoms with Crippen molar-refractivity contribution in [1.29, 1.82) is 0 Å². The molecule has 4 nitrogen and oxygen atoms in total. The van der Waals surface area contributed by atoms with Crippen LogP contribution in [0.4, 0.5) is 0 Å². The molecule has 2 aliphatic rings. The van der Waals surface area contributed by atoms with Gasteiger partial charge in [-0.1, -0.05) is 19.1 Å². The summed E-state index contributed by atoms with van der Waals surface area (Å²) in [6.45, 7) is 5.42. The molecule has 0 radical (unpaired) electrons. The molecule has 1 aromatic carbocycles. The molecule has 116 valence electrons. The van der Waals surface area contributed by atoms with E-state index in [0.29, 0.717) is 6.04 Å². The van der Waals surface area contributed by atoms with E-state index >= 15 is 0 Å². The lowest BCUT2D eigenvalue weighted by Gasteiger charge is -2.20. The molecule has 1 N–H and O–H groups in total. The summed E-state index contributed by atoms with van der Waals surface area (Å²) >= 11 is 0. The molecule has 21 heavy (non-hydrogen) atoms. The minimum atomic E-state index is -0.0255. The van der Waals surface area contributed by atoms with Gasteiger partial charge in [0.2, 0.25) is 0 Å². The van der Waals surface area contributed by atoms with E-state index in [1.807, 2.05) is 0 Å². The average Bonchev–Trinajstić information content (AvgIpc) is 3.15. The molecule has 3 rings (SSSR count). The molecule has 0 saturated carbocycles. The van der Waals surface area contributed by atoms with Crippen LogP contribution >= 0.6 is 0 Å². The number of hydrogen-bond acceptors (Lipinski definition) is 4. The Hall–Kier alpha value is -1.10. The molecule has 4 heteroatoms. The zero-order valence-corrected chi connectivity index (χ0v) is 12.8. The van der Waals surface area contributed by atoms with Crippen molar-refractivity contribution in [3.05, 3.63) is 29.3 Å². The largest absolute Gasteiger partial charge is 0.493 e. The van der Waals surface area contributed by atoms with E-state index < -0.39 is 0 Å². The fraction of sp³-hybridized carbons (Fsp3) is 0.647. The van der Waals surface area contributed by atoms with Gasteiger partial charge in [0, 0.05) is 18.9 Å².